The Morgan fingerprint density at radius 2 is 2.00 bits per heavy atom. The number of carboxylic acids is 1. The van der Waals surface area contributed by atoms with Gasteiger partial charge in [0.25, 0.3) is 0 Å². The topological polar surface area (TPSA) is 50.2 Å². The Balaban J connectivity index is 2.19. The van der Waals surface area contributed by atoms with Crippen LogP contribution in [0.3, 0.4) is 0 Å². The Hall–Kier alpha value is -1.68. The van der Waals surface area contributed by atoms with E-state index in [0.29, 0.717) is 6.42 Å². The maximum atomic E-state index is 11.1. The molecule has 0 bridgehead atoms. The zero-order valence-electron chi connectivity index (χ0n) is 10.4. The van der Waals surface area contributed by atoms with Crippen LogP contribution in [0.25, 0.3) is 11.3 Å². The second-order valence-corrected chi connectivity index (χ2v) is 5.80. The molecule has 0 aliphatic carbocycles. The van der Waals surface area contributed by atoms with Gasteiger partial charge in [-0.2, -0.15) is 0 Å². The van der Waals surface area contributed by atoms with Crippen molar-refractivity contribution >= 4 is 17.3 Å². The predicted octanol–water partition coefficient (Wildman–Crippen LogP) is 3.46. The van der Waals surface area contributed by atoms with Gasteiger partial charge in [-0.1, -0.05) is 30.3 Å². The Labute approximate surface area is 110 Å². The van der Waals surface area contributed by atoms with E-state index in [-0.39, 0.29) is 0 Å². The first kappa shape index (κ1) is 12.8. The lowest BCUT2D eigenvalue weighted by atomic mass is 9.90. The highest BCUT2D eigenvalue weighted by Gasteiger charge is 2.28. The monoisotopic (exact) mass is 261 g/mol. The van der Waals surface area contributed by atoms with E-state index in [4.69, 9.17) is 5.11 Å². The van der Waals surface area contributed by atoms with E-state index in [1.807, 2.05) is 35.7 Å². The van der Waals surface area contributed by atoms with Crippen LogP contribution in [-0.2, 0) is 11.2 Å². The minimum absolute atomic E-state index is 0.458. The Bertz CT molecular complexity index is 546. The average Bonchev–Trinajstić information content (AvgIpc) is 2.78. The van der Waals surface area contributed by atoms with Gasteiger partial charge in [-0.25, -0.2) is 4.98 Å². The second-order valence-electron chi connectivity index (χ2n) is 4.86. The first-order chi connectivity index (χ1) is 8.49. The summed E-state index contributed by atoms with van der Waals surface area (Å²) >= 11 is 1.51. The fourth-order valence-electron chi connectivity index (χ4n) is 1.59. The van der Waals surface area contributed by atoms with Crippen molar-refractivity contribution in [3.05, 3.63) is 40.7 Å². The van der Waals surface area contributed by atoms with Gasteiger partial charge >= 0.3 is 5.97 Å². The molecule has 1 heterocycles. The van der Waals surface area contributed by atoms with Crippen molar-refractivity contribution in [1.29, 1.82) is 0 Å². The molecule has 2 aromatic rings. The molecule has 0 aliphatic rings. The zero-order chi connectivity index (χ0) is 13.2. The van der Waals surface area contributed by atoms with Crippen LogP contribution in [0.5, 0.6) is 0 Å². The first-order valence-electron chi connectivity index (χ1n) is 5.72. The maximum Gasteiger partial charge on any atom is 0.309 e. The van der Waals surface area contributed by atoms with Crippen LogP contribution in [0, 0.1) is 5.41 Å². The minimum Gasteiger partial charge on any atom is -0.481 e. The van der Waals surface area contributed by atoms with Crippen LogP contribution < -0.4 is 0 Å². The van der Waals surface area contributed by atoms with Gasteiger partial charge in [0.2, 0.25) is 0 Å². The molecular formula is C14H15NO2S. The van der Waals surface area contributed by atoms with Crippen LogP contribution in [0.1, 0.15) is 18.9 Å². The number of rotatable bonds is 4. The number of hydrogen-bond donors (Lipinski definition) is 1. The molecule has 1 aromatic heterocycles. The smallest absolute Gasteiger partial charge is 0.309 e. The number of aromatic nitrogens is 1. The third-order valence-electron chi connectivity index (χ3n) is 2.79. The second kappa shape index (κ2) is 4.90. The Kier molecular flexibility index (Phi) is 3.48. The average molecular weight is 261 g/mol. The van der Waals surface area contributed by atoms with Gasteiger partial charge in [-0.3, -0.25) is 4.79 Å². The van der Waals surface area contributed by atoms with Crippen molar-refractivity contribution in [1.82, 2.24) is 4.98 Å². The van der Waals surface area contributed by atoms with Crippen LogP contribution in [0.4, 0.5) is 0 Å². The first-order valence-corrected chi connectivity index (χ1v) is 6.60. The largest absolute Gasteiger partial charge is 0.481 e. The molecule has 0 radical (unpaired) electrons. The van der Waals surface area contributed by atoms with Crippen LogP contribution >= 0.6 is 11.3 Å². The molecule has 1 N–H and O–H groups in total. The quantitative estimate of drug-likeness (QED) is 0.917. The van der Waals surface area contributed by atoms with Gasteiger partial charge < -0.3 is 5.11 Å². The molecule has 0 saturated carbocycles. The van der Waals surface area contributed by atoms with Gasteiger partial charge in [-0.05, 0) is 13.8 Å². The summed E-state index contributed by atoms with van der Waals surface area (Å²) < 4.78 is 0. The lowest BCUT2D eigenvalue weighted by Gasteiger charge is -2.16. The van der Waals surface area contributed by atoms with E-state index in [9.17, 15) is 4.79 Å². The molecule has 0 atom stereocenters. The molecule has 0 aliphatic heterocycles. The molecule has 4 heteroatoms. The Morgan fingerprint density at radius 3 is 2.61 bits per heavy atom. The molecule has 0 unspecified atom stereocenters. The van der Waals surface area contributed by atoms with Crippen molar-refractivity contribution in [2.24, 2.45) is 5.41 Å². The van der Waals surface area contributed by atoms with Gasteiger partial charge in [0, 0.05) is 17.4 Å². The third-order valence-corrected chi connectivity index (χ3v) is 3.64. The van der Waals surface area contributed by atoms with Gasteiger partial charge in [0.05, 0.1) is 16.1 Å². The number of hydrogen-bond acceptors (Lipinski definition) is 3. The van der Waals surface area contributed by atoms with Crippen molar-refractivity contribution < 1.29 is 9.90 Å². The lowest BCUT2D eigenvalue weighted by molar-refractivity contribution is -0.146. The normalized spacial score (nSPS) is 11.4. The molecule has 0 fully saturated rings. The molecule has 0 amide bonds. The highest BCUT2D eigenvalue weighted by atomic mass is 32.1. The van der Waals surface area contributed by atoms with Crippen LogP contribution in [0.15, 0.2) is 35.7 Å². The minimum atomic E-state index is -0.793. The summed E-state index contributed by atoms with van der Waals surface area (Å²) in [5.74, 6) is -0.793. The summed E-state index contributed by atoms with van der Waals surface area (Å²) in [5, 5.41) is 11.9. The van der Waals surface area contributed by atoms with Crippen molar-refractivity contribution in [2.75, 3.05) is 0 Å². The van der Waals surface area contributed by atoms with E-state index in [0.717, 1.165) is 16.3 Å². The van der Waals surface area contributed by atoms with Crippen molar-refractivity contribution in [3.8, 4) is 11.3 Å². The zero-order valence-corrected chi connectivity index (χ0v) is 11.2. The fourth-order valence-corrected chi connectivity index (χ4v) is 2.62. The number of thiazole rings is 1. The van der Waals surface area contributed by atoms with Gasteiger partial charge in [-0.15, -0.1) is 11.3 Å². The summed E-state index contributed by atoms with van der Waals surface area (Å²) in [6.45, 7) is 3.44. The van der Waals surface area contributed by atoms with E-state index < -0.39 is 11.4 Å². The van der Waals surface area contributed by atoms with E-state index in [2.05, 4.69) is 4.98 Å². The summed E-state index contributed by atoms with van der Waals surface area (Å²) in [6.07, 6.45) is 0.458. The fraction of sp³-hybridized carbons (Fsp3) is 0.286. The molecule has 0 saturated heterocycles. The molecule has 18 heavy (non-hydrogen) atoms. The molecule has 2 rings (SSSR count). The maximum absolute atomic E-state index is 11.1. The molecule has 1 aromatic carbocycles. The van der Waals surface area contributed by atoms with Crippen LogP contribution in [-0.4, -0.2) is 16.1 Å². The van der Waals surface area contributed by atoms with Crippen molar-refractivity contribution in [3.63, 3.8) is 0 Å². The summed E-state index contributed by atoms with van der Waals surface area (Å²) in [5.41, 5.74) is 1.20. The summed E-state index contributed by atoms with van der Waals surface area (Å²) in [4.78, 5) is 15.6. The lowest BCUT2D eigenvalue weighted by Crippen LogP contribution is -2.26. The molecule has 94 valence electrons. The van der Waals surface area contributed by atoms with Gasteiger partial charge in [0.15, 0.2) is 0 Å². The molecule has 3 nitrogen and oxygen atoms in total. The third kappa shape index (κ3) is 2.76. The van der Waals surface area contributed by atoms with Gasteiger partial charge in [0.1, 0.15) is 0 Å². The molecular weight excluding hydrogens is 246 g/mol. The van der Waals surface area contributed by atoms with E-state index in [1.165, 1.54) is 11.3 Å². The molecule has 0 spiro atoms. The SMILES string of the molecule is CC(C)(Cc1nc(-c2ccccc2)cs1)C(=O)O. The summed E-state index contributed by atoms with van der Waals surface area (Å²) in [7, 11) is 0. The van der Waals surface area contributed by atoms with Crippen molar-refractivity contribution in [2.45, 2.75) is 20.3 Å². The highest BCUT2D eigenvalue weighted by Crippen LogP contribution is 2.27. The predicted molar refractivity (Wildman–Crippen MR) is 72.7 cm³/mol. The van der Waals surface area contributed by atoms with Crippen LogP contribution in [0.2, 0.25) is 0 Å². The summed E-state index contributed by atoms with van der Waals surface area (Å²) in [6, 6.07) is 9.90. The number of nitrogens with zero attached hydrogens (tertiary/aromatic N) is 1. The highest BCUT2D eigenvalue weighted by molar-refractivity contribution is 7.10. The van der Waals surface area contributed by atoms with E-state index in [1.54, 1.807) is 13.8 Å². The number of benzene rings is 1. The standard InChI is InChI=1S/C14H15NO2S/c1-14(2,13(16)17)8-12-15-11(9-18-12)10-6-4-3-5-7-10/h3-7,9H,8H2,1-2H3,(H,16,17). The number of carbonyl (C=O) groups is 1. The van der Waals surface area contributed by atoms with E-state index >= 15 is 0 Å². The number of carboxylic acid groups (broad SMARTS) is 1. The number of aliphatic carboxylic acids is 1. The Morgan fingerprint density at radius 1 is 1.33 bits per heavy atom.